The molecule has 0 aliphatic carbocycles. The van der Waals surface area contributed by atoms with Gasteiger partial charge < -0.3 is 14.3 Å². The number of hydrogen-bond acceptors (Lipinski definition) is 6. The number of amides is 1. The van der Waals surface area contributed by atoms with Gasteiger partial charge >= 0.3 is 0 Å². The van der Waals surface area contributed by atoms with E-state index >= 15 is 0 Å². The van der Waals surface area contributed by atoms with Gasteiger partial charge in [-0.15, -0.1) is 0 Å². The molecule has 1 N–H and O–H groups in total. The number of rotatable bonds is 3. The van der Waals surface area contributed by atoms with Crippen LogP contribution in [0, 0.1) is 13.8 Å². The summed E-state index contributed by atoms with van der Waals surface area (Å²) < 4.78 is 11.3. The highest BCUT2D eigenvalue weighted by Crippen LogP contribution is 2.42. The number of aryl methyl sites for hydroxylation is 2. The van der Waals surface area contributed by atoms with Crippen LogP contribution in [0.5, 0.6) is 11.5 Å². The van der Waals surface area contributed by atoms with Gasteiger partial charge in [0.2, 0.25) is 5.76 Å². The number of phenolic OH excluding ortho intramolecular Hbond substituents is 1. The number of methoxy groups -OCH3 is 1. The summed E-state index contributed by atoms with van der Waals surface area (Å²) in [6.45, 7) is 3.85. The zero-order valence-corrected chi connectivity index (χ0v) is 17.7. The molecule has 7 heteroatoms. The van der Waals surface area contributed by atoms with Gasteiger partial charge in [0, 0.05) is 6.20 Å². The number of hydrogen-bond donors (Lipinski definition) is 1. The van der Waals surface area contributed by atoms with Crippen LogP contribution < -0.4 is 15.1 Å². The van der Waals surface area contributed by atoms with Gasteiger partial charge in [-0.1, -0.05) is 12.1 Å². The number of ether oxygens (including phenoxy) is 1. The third-order valence-electron chi connectivity index (χ3n) is 5.90. The second kappa shape index (κ2) is 7.23. The minimum absolute atomic E-state index is 0.00607. The predicted molar refractivity (Wildman–Crippen MR) is 120 cm³/mol. The van der Waals surface area contributed by atoms with Crippen LogP contribution in [0.25, 0.3) is 11.0 Å². The van der Waals surface area contributed by atoms with Crippen molar-refractivity contribution in [2.75, 3.05) is 12.0 Å². The number of aromatic nitrogens is 1. The van der Waals surface area contributed by atoms with Gasteiger partial charge in [-0.3, -0.25) is 14.5 Å². The molecule has 0 fully saturated rings. The van der Waals surface area contributed by atoms with Crippen LogP contribution in [0.2, 0.25) is 0 Å². The van der Waals surface area contributed by atoms with Crippen molar-refractivity contribution in [1.82, 2.24) is 4.98 Å². The Bertz CT molecular complexity index is 1440. The van der Waals surface area contributed by atoms with Gasteiger partial charge in [-0.25, -0.2) is 4.98 Å². The Labute approximate surface area is 183 Å². The summed E-state index contributed by atoms with van der Waals surface area (Å²) in [6, 6.07) is 12.7. The van der Waals surface area contributed by atoms with Gasteiger partial charge in [-0.05, 0) is 66.9 Å². The number of phenols is 1. The average molecular weight is 428 g/mol. The largest absolute Gasteiger partial charge is 0.504 e. The standard InChI is InChI=1S/C25H20N2O5/c1-13-10-16-18(11-14(13)2)32-24-21(23(16)29)22(15-7-8-17(28)19(12-15)31-3)27(25(24)30)20-6-4-5-9-26-20/h4-12,22,28H,1-3H3. The van der Waals surface area contributed by atoms with E-state index in [1.54, 1.807) is 48.7 Å². The third-order valence-corrected chi connectivity index (χ3v) is 5.90. The van der Waals surface area contributed by atoms with Crippen LogP contribution in [-0.2, 0) is 0 Å². The molecule has 1 unspecified atom stereocenters. The molecule has 1 aliphatic rings. The average Bonchev–Trinajstić information content (AvgIpc) is 3.09. The lowest BCUT2D eigenvalue weighted by Crippen LogP contribution is -2.30. The fourth-order valence-corrected chi connectivity index (χ4v) is 4.14. The summed E-state index contributed by atoms with van der Waals surface area (Å²) in [5.74, 6) is 0.126. The van der Waals surface area contributed by atoms with E-state index in [-0.39, 0.29) is 28.3 Å². The maximum atomic E-state index is 13.7. The highest BCUT2D eigenvalue weighted by Gasteiger charge is 2.44. The number of aromatic hydroxyl groups is 1. The number of nitrogens with zero attached hydrogens (tertiary/aromatic N) is 2. The van der Waals surface area contributed by atoms with E-state index in [9.17, 15) is 14.7 Å². The fraction of sp³-hybridized carbons (Fsp3) is 0.160. The monoisotopic (exact) mass is 428 g/mol. The molecular formula is C25H20N2O5. The zero-order chi connectivity index (χ0) is 22.6. The van der Waals surface area contributed by atoms with E-state index in [0.717, 1.165) is 11.1 Å². The Morgan fingerprint density at radius 1 is 1.06 bits per heavy atom. The molecule has 32 heavy (non-hydrogen) atoms. The van der Waals surface area contributed by atoms with Crippen molar-refractivity contribution in [3.63, 3.8) is 0 Å². The highest BCUT2D eigenvalue weighted by molar-refractivity contribution is 6.10. The molecule has 160 valence electrons. The van der Waals surface area contributed by atoms with Crippen LogP contribution in [0.15, 0.2) is 63.9 Å². The van der Waals surface area contributed by atoms with Crippen molar-refractivity contribution in [2.24, 2.45) is 0 Å². The van der Waals surface area contributed by atoms with Crippen LogP contribution in [0.3, 0.4) is 0 Å². The number of carbonyl (C=O) groups is 1. The zero-order valence-electron chi connectivity index (χ0n) is 17.7. The van der Waals surface area contributed by atoms with Crippen LogP contribution in [0.1, 0.15) is 38.9 Å². The van der Waals surface area contributed by atoms with Gasteiger partial charge in [0.25, 0.3) is 5.91 Å². The lowest BCUT2D eigenvalue weighted by Gasteiger charge is -2.24. The lowest BCUT2D eigenvalue weighted by molar-refractivity contribution is 0.0970. The first kappa shape index (κ1) is 19.8. The van der Waals surface area contributed by atoms with Crippen molar-refractivity contribution >= 4 is 22.7 Å². The Hall–Kier alpha value is -4.13. The van der Waals surface area contributed by atoms with E-state index in [0.29, 0.717) is 22.4 Å². The highest BCUT2D eigenvalue weighted by atomic mass is 16.5. The third kappa shape index (κ3) is 2.85. The first-order valence-corrected chi connectivity index (χ1v) is 10.1. The summed E-state index contributed by atoms with van der Waals surface area (Å²) in [5, 5.41) is 10.5. The van der Waals surface area contributed by atoms with Gasteiger partial charge in [0.1, 0.15) is 11.4 Å². The molecule has 2 aromatic carbocycles. The SMILES string of the molecule is COc1cc(C2c3c(oc4cc(C)c(C)cc4c3=O)C(=O)N2c2ccccn2)ccc1O. The smallest absolute Gasteiger partial charge is 0.296 e. The van der Waals surface area contributed by atoms with E-state index < -0.39 is 11.9 Å². The summed E-state index contributed by atoms with van der Waals surface area (Å²) >= 11 is 0. The van der Waals surface area contributed by atoms with E-state index in [1.165, 1.54) is 18.1 Å². The molecule has 0 radical (unpaired) electrons. The number of fused-ring (bicyclic) bond motifs is 2. The molecule has 1 atom stereocenters. The van der Waals surface area contributed by atoms with E-state index in [1.807, 2.05) is 13.8 Å². The second-order valence-corrected chi connectivity index (χ2v) is 7.80. The molecule has 5 rings (SSSR count). The Balaban J connectivity index is 1.84. The van der Waals surface area contributed by atoms with Crippen molar-refractivity contribution in [3.8, 4) is 11.5 Å². The number of carbonyl (C=O) groups excluding carboxylic acids is 1. The maximum absolute atomic E-state index is 13.7. The lowest BCUT2D eigenvalue weighted by atomic mass is 9.97. The van der Waals surface area contributed by atoms with Gasteiger partial charge in [-0.2, -0.15) is 0 Å². The van der Waals surface area contributed by atoms with E-state index in [2.05, 4.69) is 4.98 Å². The number of benzene rings is 2. The molecule has 1 amide bonds. The molecular weight excluding hydrogens is 408 g/mol. The predicted octanol–water partition coefficient (Wildman–Crippen LogP) is 4.27. The van der Waals surface area contributed by atoms with Crippen LogP contribution in [-0.4, -0.2) is 23.1 Å². The molecule has 1 aliphatic heterocycles. The topological polar surface area (TPSA) is 92.9 Å². The Morgan fingerprint density at radius 3 is 2.56 bits per heavy atom. The molecule has 2 aromatic heterocycles. The molecule has 3 heterocycles. The summed E-state index contributed by atoms with van der Waals surface area (Å²) in [5.41, 5.74) is 2.85. The summed E-state index contributed by atoms with van der Waals surface area (Å²) in [4.78, 5) is 33.0. The normalized spacial score (nSPS) is 15.3. The van der Waals surface area contributed by atoms with Crippen LogP contribution >= 0.6 is 0 Å². The van der Waals surface area contributed by atoms with Crippen molar-refractivity contribution < 1.29 is 19.1 Å². The molecule has 0 spiro atoms. The molecule has 0 bridgehead atoms. The van der Waals surface area contributed by atoms with Crippen molar-refractivity contribution in [1.29, 1.82) is 0 Å². The summed E-state index contributed by atoms with van der Waals surface area (Å²) in [7, 11) is 1.44. The van der Waals surface area contributed by atoms with E-state index in [4.69, 9.17) is 9.15 Å². The first-order valence-electron chi connectivity index (χ1n) is 10.1. The van der Waals surface area contributed by atoms with Crippen molar-refractivity contribution in [2.45, 2.75) is 19.9 Å². The quantitative estimate of drug-likeness (QED) is 0.524. The van der Waals surface area contributed by atoms with Crippen molar-refractivity contribution in [3.05, 3.63) is 93.0 Å². The molecule has 4 aromatic rings. The second-order valence-electron chi connectivity index (χ2n) is 7.80. The molecule has 0 saturated heterocycles. The maximum Gasteiger partial charge on any atom is 0.296 e. The Morgan fingerprint density at radius 2 is 1.84 bits per heavy atom. The van der Waals surface area contributed by atoms with Gasteiger partial charge in [0.05, 0.1) is 24.1 Å². The number of pyridine rings is 1. The minimum Gasteiger partial charge on any atom is -0.504 e. The minimum atomic E-state index is -0.788. The molecule has 7 nitrogen and oxygen atoms in total. The Kier molecular flexibility index (Phi) is 4.48. The first-order chi connectivity index (χ1) is 15.4. The van der Waals surface area contributed by atoms with Gasteiger partial charge in [0.15, 0.2) is 16.9 Å². The van der Waals surface area contributed by atoms with Crippen LogP contribution in [0.4, 0.5) is 5.82 Å². The fourth-order valence-electron chi connectivity index (χ4n) is 4.14. The molecule has 0 saturated carbocycles. The summed E-state index contributed by atoms with van der Waals surface area (Å²) in [6.07, 6.45) is 1.58. The number of anilines is 1.